The van der Waals surface area contributed by atoms with Crippen molar-refractivity contribution in [3.05, 3.63) is 100 Å². The molecule has 0 spiro atoms. The first kappa shape index (κ1) is 29.5. The molecule has 0 saturated carbocycles. The number of carboxylic acid groups (broad SMARTS) is 1. The quantitative estimate of drug-likeness (QED) is 0.217. The van der Waals surface area contributed by atoms with Gasteiger partial charge < -0.3 is 14.3 Å². The first-order chi connectivity index (χ1) is 20.3. The molecule has 1 aliphatic heterocycles. The smallest absolute Gasteiger partial charge is 0.303 e. The second-order valence-electron chi connectivity index (χ2n) is 10.5. The van der Waals surface area contributed by atoms with Crippen LogP contribution in [0.4, 0.5) is 0 Å². The number of rotatable bonds is 12. The van der Waals surface area contributed by atoms with E-state index in [0.717, 1.165) is 52.1 Å². The average Bonchev–Trinajstić information content (AvgIpc) is 3.37. The van der Waals surface area contributed by atoms with Gasteiger partial charge in [0.05, 0.1) is 17.2 Å². The van der Waals surface area contributed by atoms with Crippen LogP contribution in [0, 0.1) is 6.92 Å². The number of ether oxygens (including phenoxy) is 1. The van der Waals surface area contributed by atoms with Gasteiger partial charge in [0, 0.05) is 37.1 Å². The number of fused-ring (bicyclic) bond motifs is 1. The molecule has 4 aromatic rings. The Bertz CT molecular complexity index is 1650. The number of aromatic nitrogens is 1. The van der Waals surface area contributed by atoms with Crippen molar-refractivity contribution < 1.29 is 27.5 Å². The normalized spacial score (nSPS) is 13.6. The highest BCUT2D eigenvalue weighted by Crippen LogP contribution is 2.34. The standard InChI is InChI=1S/C33H36N2O6S/c1-3-7-24-10-14-27(15-11-24)42(38,39)35-20-18-28-29(22-35)25(13-17-32(36)37)12-16-31(28)40-21-19-30-23(2)41-33(34-30)26-8-5-4-6-9-26/h4-6,8-12,14-16H,3,7,13,17-22H2,1-2H3,(H,36,37). The Morgan fingerprint density at radius 1 is 1.00 bits per heavy atom. The van der Waals surface area contributed by atoms with Crippen LogP contribution in [0.3, 0.4) is 0 Å². The predicted molar refractivity (Wildman–Crippen MR) is 160 cm³/mol. The number of aliphatic carboxylic acids is 1. The lowest BCUT2D eigenvalue weighted by atomic mass is 9.92. The van der Waals surface area contributed by atoms with Crippen molar-refractivity contribution in [2.45, 2.75) is 63.8 Å². The zero-order chi connectivity index (χ0) is 29.7. The van der Waals surface area contributed by atoms with Gasteiger partial charge in [0.15, 0.2) is 0 Å². The molecule has 0 amide bonds. The van der Waals surface area contributed by atoms with Crippen LogP contribution in [0.5, 0.6) is 5.75 Å². The van der Waals surface area contributed by atoms with Crippen molar-refractivity contribution in [1.29, 1.82) is 0 Å². The van der Waals surface area contributed by atoms with Crippen LogP contribution >= 0.6 is 0 Å². The maximum atomic E-state index is 13.6. The van der Waals surface area contributed by atoms with Gasteiger partial charge in [-0.3, -0.25) is 4.79 Å². The van der Waals surface area contributed by atoms with Crippen LogP contribution in [0.25, 0.3) is 11.5 Å². The molecule has 3 aromatic carbocycles. The Labute approximate surface area is 247 Å². The highest BCUT2D eigenvalue weighted by atomic mass is 32.2. The second kappa shape index (κ2) is 12.9. The fraction of sp³-hybridized carbons (Fsp3) is 0.333. The molecule has 0 bridgehead atoms. The molecule has 42 heavy (non-hydrogen) atoms. The van der Waals surface area contributed by atoms with E-state index in [1.165, 1.54) is 4.31 Å². The van der Waals surface area contributed by atoms with Crippen LogP contribution < -0.4 is 4.74 Å². The van der Waals surface area contributed by atoms with Gasteiger partial charge in [-0.05, 0) is 73.2 Å². The third-order valence-electron chi connectivity index (χ3n) is 7.65. The Balaban J connectivity index is 1.34. The van der Waals surface area contributed by atoms with E-state index >= 15 is 0 Å². The summed E-state index contributed by atoms with van der Waals surface area (Å²) in [6.07, 6.45) is 3.19. The van der Waals surface area contributed by atoms with Crippen molar-refractivity contribution >= 4 is 16.0 Å². The summed E-state index contributed by atoms with van der Waals surface area (Å²) in [5.74, 6) is 1.11. The third kappa shape index (κ3) is 6.58. The Morgan fingerprint density at radius 2 is 1.76 bits per heavy atom. The van der Waals surface area contributed by atoms with Crippen LogP contribution in [-0.4, -0.2) is 41.9 Å². The minimum absolute atomic E-state index is 0.0343. The molecule has 5 rings (SSSR count). The van der Waals surface area contributed by atoms with Gasteiger partial charge >= 0.3 is 5.97 Å². The molecule has 1 aliphatic rings. The minimum atomic E-state index is -3.72. The topological polar surface area (TPSA) is 110 Å². The van der Waals surface area contributed by atoms with Gasteiger partial charge in [-0.2, -0.15) is 4.31 Å². The summed E-state index contributed by atoms with van der Waals surface area (Å²) < 4.78 is 40.8. The maximum absolute atomic E-state index is 13.6. The van der Waals surface area contributed by atoms with E-state index in [-0.39, 0.29) is 17.9 Å². The van der Waals surface area contributed by atoms with Crippen molar-refractivity contribution in [2.24, 2.45) is 0 Å². The molecule has 1 aromatic heterocycles. The number of sulfonamides is 1. The highest BCUT2D eigenvalue weighted by Gasteiger charge is 2.31. The molecule has 9 heteroatoms. The van der Waals surface area contributed by atoms with Crippen molar-refractivity contribution in [1.82, 2.24) is 9.29 Å². The monoisotopic (exact) mass is 588 g/mol. The summed E-state index contributed by atoms with van der Waals surface area (Å²) in [6.45, 7) is 4.83. The first-order valence-corrected chi connectivity index (χ1v) is 15.8. The zero-order valence-electron chi connectivity index (χ0n) is 24.0. The van der Waals surface area contributed by atoms with E-state index < -0.39 is 16.0 Å². The van der Waals surface area contributed by atoms with Gasteiger partial charge in [0.1, 0.15) is 11.5 Å². The minimum Gasteiger partial charge on any atom is -0.493 e. The lowest BCUT2D eigenvalue weighted by molar-refractivity contribution is -0.136. The maximum Gasteiger partial charge on any atom is 0.303 e. The number of hydrogen-bond donors (Lipinski definition) is 1. The summed E-state index contributed by atoms with van der Waals surface area (Å²) in [6, 6.07) is 20.6. The molecule has 1 N–H and O–H groups in total. The van der Waals surface area contributed by atoms with Crippen molar-refractivity contribution in [3.8, 4) is 17.2 Å². The summed E-state index contributed by atoms with van der Waals surface area (Å²) >= 11 is 0. The molecule has 8 nitrogen and oxygen atoms in total. The van der Waals surface area contributed by atoms with Gasteiger partial charge in [-0.25, -0.2) is 13.4 Å². The van der Waals surface area contributed by atoms with E-state index in [4.69, 9.17) is 9.15 Å². The predicted octanol–water partition coefficient (Wildman–Crippen LogP) is 5.99. The molecule has 0 radical (unpaired) electrons. The fourth-order valence-electron chi connectivity index (χ4n) is 5.39. The molecule has 0 aliphatic carbocycles. The summed E-state index contributed by atoms with van der Waals surface area (Å²) in [5, 5.41) is 9.30. The van der Waals surface area contributed by atoms with E-state index in [1.54, 1.807) is 12.1 Å². The average molecular weight is 589 g/mol. The van der Waals surface area contributed by atoms with E-state index in [2.05, 4.69) is 11.9 Å². The molecular weight excluding hydrogens is 552 g/mol. The number of carbonyl (C=O) groups is 1. The first-order valence-electron chi connectivity index (χ1n) is 14.3. The number of oxazole rings is 1. The fourth-order valence-corrected chi connectivity index (χ4v) is 6.80. The molecular formula is C33H36N2O6S. The van der Waals surface area contributed by atoms with Crippen LogP contribution in [0.1, 0.15) is 53.5 Å². The molecule has 2 heterocycles. The van der Waals surface area contributed by atoms with Crippen LogP contribution in [0.2, 0.25) is 0 Å². The SMILES string of the molecule is CCCc1ccc(S(=O)(=O)N2CCc3c(OCCc4nc(-c5ccccc5)oc4C)ccc(CCC(=O)O)c3C2)cc1. The Kier molecular flexibility index (Phi) is 9.09. The summed E-state index contributed by atoms with van der Waals surface area (Å²) in [4.78, 5) is 16.3. The summed E-state index contributed by atoms with van der Waals surface area (Å²) in [5.41, 5.74) is 5.44. The second-order valence-corrected chi connectivity index (χ2v) is 12.5. The number of carboxylic acids is 1. The van der Waals surface area contributed by atoms with Gasteiger partial charge in [-0.1, -0.05) is 49.7 Å². The van der Waals surface area contributed by atoms with Crippen molar-refractivity contribution in [3.63, 3.8) is 0 Å². The van der Waals surface area contributed by atoms with Gasteiger partial charge in [0.25, 0.3) is 0 Å². The van der Waals surface area contributed by atoms with E-state index in [0.29, 0.717) is 44.1 Å². The lowest BCUT2D eigenvalue weighted by Gasteiger charge is -2.31. The number of benzene rings is 3. The largest absolute Gasteiger partial charge is 0.493 e. The highest BCUT2D eigenvalue weighted by molar-refractivity contribution is 7.89. The number of hydrogen-bond acceptors (Lipinski definition) is 6. The Morgan fingerprint density at radius 3 is 2.48 bits per heavy atom. The third-order valence-corrected chi connectivity index (χ3v) is 9.51. The molecule has 0 atom stereocenters. The summed E-state index contributed by atoms with van der Waals surface area (Å²) in [7, 11) is -3.72. The van der Waals surface area contributed by atoms with E-state index in [1.807, 2.05) is 61.5 Å². The number of nitrogens with zero attached hydrogens (tertiary/aromatic N) is 2. The zero-order valence-corrected chi connectivity index (χ0v) is 24.8. The van der Waals surface area contributed by atoms with E-state index in [9.17, 15) is 18.3 Å². The lowest BCUT2D eigenvalue weighted by Crippen LogP contribution is -2.36. The molecule has 0 fully saturated rings. The molecule has 220 valence electrons. The van der Waals surface area contributed by atoms with Crippen molar-refractivity contribution in [2.75, 3.05) is 13.2 Å². The molecule has 0 saturated heterocycles. The van der Waals surface area contributed by atoms with Gasteiger partial charge in [-0.15, -0.1) is 0 Å². The van der Waals surface area contributed by atoms with Gasteiger partial charge in [0.2, 0.25) is 15.9 Å². The number of aryl methyl sites for hydroxylation is 3. The van der Waals surface area contributed by atoms with Crippen LogP contribution in [0.15, 0.2) is 76.0 Å². The Hall–Kier alpha value is -3.95. The van der Waals surface area contributed by atoms with Crippen LogP contribution in [-0.2, 0) is 47.0 Å². The molecule has 0 unspecified atom stereocenters.